The van der Waals surface area contributed by atoms with Crippen molar-refractivity contribution in [3.63, 3.8) is 0 Å². The molecular weight excluding hydrogens is 373 g/mol. The average molecular weight is 395 g/mol. The lowest BCUT2D eigenvalue weighted by molar-refractivity contribution is -0.909. The summed E-state index contributed by atoms with van der Waals surface area (Å²) in [5.41, 5.74) is 1.25. The Kier molecular flexibility index (Phi) is 6.53. The number of hydrogen-bond acceptors (Lipinski definition) is 3. The van der Waals surface area contributed by atoms with Crippen molar-refractivity contribution >= 4 is 5.91 Å². The Labute approximate surface area is 161 Å². The summed E-state index contributed by atoms with van der Waals surface area (Å²) in [6, 6.07) is 14.3. The molecule has 1 amide bonds. The molecule has 0 aromatic heterocycles. The molecule has 2 N–H and O–H groups in total. The minimum Gasteiger partial charge on any atom is -0.406 e. The van der Waals surface area contributed by atoms with E-state index in [0.717, 1.165) is 30.8 Å². The summed E-state index contributed by atoms with van der Waals surface area (Å²) in [7, 11) is 0. The van der Waals surface area contributed by atoms with Crippen molar-refractivity contribution < 1.29 is 32.3 Å². The van der Waals surface area contributed by atoms with E-state index in [1.54, 1.807) is 0 Å². The lowest BCUT2D eigenvalue weighted by Crippen LogP contribution is -3.14. The second-order valence-electron chi connectivity index (χ2n) is 6.58. The Balaban J connectivity index is 1.69. The molecule has 1 fully saturated rings. The predicted molar refractivity (Wildman–Crippen MR) is 96.2 cm³/mol. The molecule has 0 saturated carbocycles. The Morgan fingerprint density at radius 2 is 1.71 bits per heavy atom. The van der Waals surface area contributed by atoms with Gasteiger partial charge in [0, 0.05) is 5.56 Å². The molecule has 1 heterocycles. The molecule has 1 atom stereocenters. The van der Waals surface area contributed by atoms with E-state index >= 15 is 0 Å². The van der Waals surface area contributed by atoms with Gasteiger partial charge >= 0.3 is 6.36 Å². The van der Waals surface area contributed by atoms with Crippen molar-refractivity contribution in [3.05, 3.63) is 65.7 Å². The maximum Gasteiger partial charge on any atom is 0.573 e. The van der Waals surface area contributed by atoms with Gasteiger partial charge in [-0.15, -0.1) is 13.2 Å². The van der Waals surface area contributed by atoms with Crippen molar-refractivity contribution in [2.24, 2.45) is 0 Å². The van der Waals surface area contributed by atoms with E-state index < -0.39 is 6.36 Å². The van der Waals surface area contributed by atoms with Crippen LogP contribution in [0.5, 0.6) is 5.75 Å². The van der Waals surface area contributed by atoms with Gasteiger partial charge in [-0.25, -0.2) is 0 Å². The van der Waals surface area contributed by atoms with Crippen LogP contribution in [-0.2, 0) is 4.74 Å². The number of hydrogen-bond donors (Lipinski definition) is 2. The Morgan fingerprint density at radius 1 is 1.07 bits per heavy atom. The van der Waals surface area contributed by atoms with E-state index in [0.29, 0.717) is 19.8 Å². The molecule has 2 aromatic carbocycles. The van der Waals surface area contributed by atoms with Crippen molar-refractivity contribution in [2.75, 3.05) is 32.8 Å². The fourth-order valence-corrected chi connectivity index (χ4v) is 3.14. The number of nitrogens with one attached hydrogen (secondary N) is 2. The molecule has 3 rings (SSSR count). The first-order valence-corrected chi connectivity index (χ1v) is 9.03. The van der Waals surface area contributed by atoms with Gasteiger partial charge in [0.2, 0.25) is 0 Å². The third kappa shape index (κ3) is 5.97. The van der Waals surface area contributed by atoms with Gasteiger partial charge < -0.3 is 19.7 Å². The fraction of sp³-hybridized carbons (Fsp3) is 0.350. The normalized spacial score (nSPS) is 16.4. The van der Waals surface area contributed by atoms with Crippen LogP contribution in [0.15, 0.2) is 54.6 Å². The molecule has 1 aliphatic rings. The highest BCUT2D eigenvalue weighted by molar-refractivity contribution is 5.94. The lowest BCUT2D eigenvalue weighted by Gasteiger charge is -2.28. The molecular formula is C20H22F3N2O3+. The van der Waals surface area contributed by atoms with Crippen molar-refractivity contribution in [1.82, 2.24) is 5.32 Å². The third-order valence-electron chi connectivity index (χ3n) is 4.55. The summed E-state index contributed by atoms with van der Waals surface area (Å²) in [6.45, 7) is 3.80. The highest BCUT2D eigenvalue weighted by Gasteiger charge is 2.31. The Hall–Kier alpha value is -2.58. The van der Waals surface area contributed by atoms with Gasteiger partial charge in [-0.1, -0.05) is 30.3 Å². The van der Waals surface area contributed by atoms with Crippen LogP contribution in [0.25, 0.3) is 0 Å². The van der Waals surface area contributed by atoms with E-state index in [4.69, 9.17) is 4.74 Å². The SMILES string of the molecule is O=C(N[C@@H](C[NH+]1CCOCC1)c1ccccc1)c1ccc(OC(F)(F)F)cc1. The van der Waals surface area contributed by atoms with Crippen LogP contribution in [0.4, 0.5) is 13.2 Å². The number of benzene rings is 2. The van der Waals surface area contributed by atoms with Crippen LogP contribution in [0.1, 0.15) is 22.0 Å². The van der Waals surface area contributed by atoms with Gasteiger partial charge in [0.05, 0.1) is 13.2 Å². The molecule has 8 heteroatoms. The molecule has 0 spiro atoms. The third-order valence-corrected chi connectivity index (χ3v) is 4.55. The lowest BCUT2D eigenvalue weighted by atomic mass is 10.1. The number of amides is 1. The first-order valence-electron chi connectivity index (χ1n) is 9.03. The Bertz CT molecular complexity index is 761. The van der Waals surface area contributed by atoms with E-state index in [1.165, 1.54) is 17.0 Å². The molecule has 0 radical (unpaired) electrons. The minimum atomic E-state index is -4.76. The molecule has 5 nitrogen and oxygen atoms in total. The largest absolute Gasteiger partial charge is 0.573 e. The summed E-state index contributed by atoms with van der Waals surface area (Å²) in [4.78, 5) is 14.0. The van der Waals surface area contributed by atoms with Crippen LogP contribution in [-0.4, -0.2) is 45.1 Å². The molecule has 1 aliphatic heterocycles. The standard InChI is InChI=1S/C20H21F3N2O3/c21-20(22,23)28-17-8-6-16(7-9-17)19(26)24-18(15-4-2-1-3-5-15)14-25-10-12-27-13-11-25/h1-9,18H,10-14H2,(H,24,26)/p+1/t18-/m0/s1. The zero-order valence-corrected chi connectivity index (χ0v) is 15.2. The van der Waals surface area contributed by atoms with E-state index in [9.17, 15) is 18.0 Å². The fourth-order valence-electron chi connectivity index (χ4n) is 3.14. The monoisotopic (exact) mass is 395 g/mol. The molecule has 0 unspecified atom stereocenters. The van der Waals surface area contributed by atoms with Gasteiger partial charge in [0.1, 0.15) is 31.4 Å². The molecule has 0 aliphatic carbocycles. The van der Waals surface area contributed by atoms with Gasteiger partial charge in [0.15, 0.2) is 0 Å². The van der Waals surface area contributed by atoms with Crippen LogP contribution in [0.3, 0.4) is 0 Å². The van der Waals surface area contributed by atoms with Crippen molar-refractivity contribution in [2.45, 2.75) is 12.4 Å². The number of morpholine rings is 1. The summed E-state index contributed by atoms with van der Waals surface area (Å²) in [5, 5.41) is 3.00. The minimum absolute atomic E-state index is 0.215. The zero-order valence-electron chi connectivity index (χ0n) is 15.2. The number of quaternary nitrogens is 1. The second-order valence-corrected chi connectivity index (χ2v) is 6.58. The summed E-state index contributed by atoms with van der Waals surface area (Å²) in [6.07, 6.45) is -4.76. The summed E-state index contributed by atoms with van der Waals surface area (Å²) >= 11 is 0. The van der Waals surface area contributed by atoms with E-state index in [-0.39, 0.29) is 23.3 Å². The van der Waals surface area contributed by atoms with Crippen LogP contribution in [0.2, 0.25) is 0 Å². The highest BCUT2D eigenvalue weighted by Crippen LogP contribution is 2.23. The number of ether oxygens (including phenoxy) is 2. The van der Waals surface area contributed by atoms with Crippen LogP contribution in [0, 0.1) is 0 Å². The summed E-state index contributed by atoms with van der Waals surface area (Å²) in [5.74, 6) is -0.707. The van der Waals surface area contributed by atoms with Crippen molar-refractivity contribution in [1.29, 1.82) is 0 Å². The number of alkyl halides is 3. The molecule has 1 saturated heterocycles. The quantitative estimate of drug-likeness (QED) is 0.787. The smallest absolute Gasteiger partial charge is 0.406 e. The van der Waals surface area contributed by atoms with Gasteiger partial charge in [-0.05, 0) is 29.8 Å². The Morgan fingerprint density at radius 3 is 2.32 bits per heavy atom. The first-order chi connectivity index (χ1) is 13.4. The molecule has 2 aromatic rings. The second kappa shape index (κ2) is 9.07. The maximum atomic E-state index is 12.7. The first kappa shape index (κ1) is 20.2. The maximum absolute atomic E-state index is 12.7. The van der Waals surface area contributed by atoms with E-state index in [2.05, 4.69) is 10.1 Å². The number of rotatable bonds is 6. The highest BCUT2D eigenvalue weighted by atomic mass is 19.4. The zero-order chi connectivity index (χ0) is 20.0. The van der Waals surface area contributed by atoms with Crippen LogP contribution < -0.4 is 15.0 Å². The van der Waals surface area contributed by atoms with Crippen molar-refractivity contribution in [3.8, 4) is 5.75 Å². The molecule has 0 bridgehead atoms. The predicted octanol–water partition coefficient (Wildman–Crippen LogP) is 1.97. The van der Waals surface area contributed by atoms with E-state index in [1.807, 2.05) is 30.3 Å². The van der Waals surface area contributed by atoms with Gasteiger partial charge in [-0.2, -0.15) is 0 Å². The number of carbonyl (C=O) groups excluding carboxylic acids is 1. The average Bonchev–Trinajstić information content (AvgIpc) is 2.68. The molecule has 28 heavy (non-hydrogen) atoms. The molecule has 150 valence electrons. The number of halogens is 3. The summed E-state index contributed by atoms with van der Waals surface area (Å²) < 4.78 is 46.0. The van der Waals surface area contributed by atoms with Gasteiger partial charge in [-0.3, -0.25) is 4.79 Å². The topological polar surface area (TPSA) is 52.0 Å². The van der Waals surface area contributed by atoms with Crippen LogP contribution >= 0.6 is 0 Å². The van der Waals surface area contributed by atoms with Gasteiger partial charge in [0.25, 0.3) is 5.91 Å². The number of carbonyl (C=O) groups is 1.